The minimum atomic E-state index is -3.66. The van der Waals surface area contributed by atoms with Gasteiger partial charge < -0.3 is 10.1 Å². The molecule has 2 rings (SSSR count). The lowest BCUT2D eigenvalue weighted by molar-refractivity contribution is 0.402. The Kier molecular flexibility index (Phi) is 5.29. The lowest BCUT2D eigenvalue weighted by atomic mass is 10.2. The Balaban J connectivity index is 2.26. The minimum absolute atomic E-state index is 0.132. The highest BCUT2D eigenvalue weighted by Gasteiger charge is 2.20. The molecule has 0 spiro atoms. The number of hydrogen-bond acceptors (Lipinski definition) is 6. The van der Waals surface area contributed by atoms with Gasteiger partial charge in [0, 0.05) is 11.9 Å². The molecule has 114 valence electrons. The Morgan fingerprint density at radius 3 is 2.76 bits per heavy atom. The molecule has 0 bridgehead atoms. The molecule has 21 heavy (non-hydrogen) atoms. The summed E-state index contributed by atoms with van der Waals surface area (Å²) in [6.45, 7) is 0.740. The van der Waals surface area contributed by atoms with Crippen LogP contribution >= 0.6 is 11.3 Å². The van der Waals surface area contributed by atoms with Crippen LogP contribution in [0.4, 0.5) is 0 Å². The number of rotatable bonds is 7. The third-order valence-electron chi connectivity index (χ3n) is 2.83. The number of thiazole rings is 1. The molecule has 0 amide bonds. The molecule has 0 aliphatic carbocycles. The maximum Gasteiger partial charge on any atom is 0.244 e. The fourth-order valence-corrected chi connectivity index (χ4v) is 3.59. The van der Waals surface area contributed by atoms with Crippen molar-refractivity contribution in [3.63, 3.8) is 0 Å². The highest BCUT2D eigenvalue weighted by atomic mass is 32.2. The number of hydrogen-bond donors (Lipinski definition) is 2. The molecule has 0 aliphatic rings. The summed E-state index contributed by atoms with van der Waals surface area (Å²) in [5, 5.41) is 4.79. The van der Waals surface area contributed by atoms with Crippen LogP contribution in [0.25, 0.3) is 0 Å². The van der Waals surface area contributed by atoms with E-state index < -0.39 is 10.0 Å². The topological polar surface area (TPSA) is 80.3 Å². The number of methoxy groups -OCH3 is 1. The van der Waals surface area contributed by atoms with E-state index in [0.717, 1.165) is 5.56 Å². The molecule has 0 unspecified atom stereocenters. The number of ether oxygens (including phenoxy) is 1. The molecular formula is C13H17N3O3S2. The second-order valence-corrected chi connectivity index (χ2v) is 6.77. The van der Waals surface area contributed by atoms with E-state index in [9.17, 15) is 8.42 Å². The first-order valence-electron chi connectivity index (χ1n) is 6.25. The maximum absolute atomic E-state index is 12.4. The quantitative estimate of drug-likeness (QED) is 0.802. The first-order chi connectivity index (χ1) is 10.1. The summed E-state index contributed by atoms with van der Waals surface area (Å²) in [7, 11) is -0.403. The van der Waals surface area contributed by atoms with Crippen molar-refractivity contribution >= 4 is 21.4 Å². The number of sulfonamides is 1. The van der Waals surface area contributed by atoms with Crippen LogP contribution in [0.2, 0.25) is 0 Å². The first-order valence-corrected chi connectivity index (χ1v) is 8.67. The Morgan fingerprint density at radius 2 is 2.14 bits per heavy atom. The molecule has 6 nitrogen and oxygen atoms in total. The summed E-state index contributed by atoms with van der Waals surface area (Å²) in [6, 6.07) is 5.09. The third kappa shape index (κ3) is 4.01. The van der Waals surface area contributed by atoms with Crippen LogP contribution in [0.5, 0.6) is 5.75 Å². The zero-order chi connectivity index (χ0) is 15.3. The SMILES string of the molecule is CNCc1ccc(OC)c(S(=O)(=O)NCc2cscn2)c1. The van der Waals surface area contributed by atoms with Crippen LogP contribution in [-0.2, 0) is 23.1 Å². The molecule has 0 atom stereocenters. The van der Waals surface area contributed by atoms with E-state index in [4.69, 9.17) is 4.74 Å². The van der Waals surface area contributed by atoms with Gasteiger partial charge in [-0.05, 0) is 24.7 Å². The molecular weight excluding hydrogens is 310 g/mol. The Labute approximate surface area is 128 Å². The van der Waals surface area contributed by atoms with Gasteiger partial charge in [-0.25, -0.2) is 18.1 Å². The second-order valence-electron chi connectivity index (χ2n) is 4.32. The molecule has 0 saturated carbocycles. The van der Waals surface area contributed by atoms with E-state index in [2.05, 4.69) is 15.0 Å². The van der Waals surface area contributed by atoms with Crippen molar-refractivity contribution in [2.24, 2.45) is 0 Å². The Bertz CT molecular complexity index is 685. The number of benzene rings is 1. The number of aromatic nitrogens is 1. The monoisotopic (exact) mass is 327 g/mol. The highest BCUT2D eigenvalue weighted by Crippen LogP contribution is 2.25. The predicted octanol–water partition coefficient (Wildman–Crippen LogP) is 1.35. The Morgan fingerprint density at radius 1 is 1.33 bits per heavy atom. The van der Waals surface area contributed by atoms with Crippen LogP contribution < -0.4 is 14.8 Å². The molecule has 1 aromatic carbocycles. The fraction of sp³-hybridized carbons (Fsp3) is 0.308. The smallest absolute Gasteiger partial charge is 0.244 e. The highest BCUT2D eigenvalue weighted by molar-refractivity contribution is 7.89. The van der Waals surface area contributed by atoms with Gasteiger partial charge in [0.2, 0.25) is 10.0 Å². The lowest BCUT2D eigenvalue weighted by Gasteiger charge is -2.12. The second kappa shape index (κ2) is 6.99. The van der Waals surface area contributed by atoms with Crippen molar-refractivity contribution in [1.82, 2.24) is 15.0 Å². The molecule has 1 heterocycles. The van der Waals surface area contributed by atoms with E-state index >= 15 is 0 Å². The van der Waals surface area contributed by atoms with Crippen LogP contribution in [-0.4, -0.2) is 27.6 Å². The van der Waals surface area contributed by atoms with Crippen molar-refractivity contribution in [3.8, 4) is 5.75 Å². The molecule has 0 saturated heterocycles. The molecule has 1 aromatic heterocycles. The third-order valence-corrected chi connectivity index (χ3v) is 4.88. The van der Waals surface area contributed by atoms with E-state index in [-0.39, 0.29) is 11.4 Å². The minimum Gasteiger partial charge on any atom is -0.495 e. The van der Waals surface area contributed by atoms with Gasteiger partial charge in [0.15, 0.2) is 0 Å². The van der Waals surface area contributed by atoms with Gasteiger partial charge in [-0.15, -0.1) is 11.3 Å². The van der Waals surface area contributed by atoms with Crippen LogP contribution in [0.15, 0.2) is 34.0 Å². The molecule has 2 N–H and O–H groups in total. The van der Waals surface area contributed by atoms with Crippen LogP contribution in [0.3, 0.4) is 0 Å². The van der Waals surface area contributed by atoms with Crippen molar-refractivity contribution in [3.05, 3.63) is 40.3 Å². The van der Waals surface area contributed by atoms with Gasteiger partial charge in [-0.3, -0.25) is 0 Å². The molecule has 8 heteroatoms. The first kappa shape index (κ1) is 15.9. The largest absolute Gasteiger partial charge is 0.495 e. The van der Waals surface area contributed by atoms with Crippen LogP contribution in [0.1, 0.15) is 11.3 Å². The summed E-state index contributed by atoms with van der Waals surface area (Å²) in [5.74, 6) is 0.320. The number of nitrogens with one attached hydrogen (secondary N) is 2. The van der Waals surface area contributed by atoms with Gasteiger partial charge in [-0.1, -0.05) is 6.07 Å². The van der Waals surface area contributed by atoms with Crippen molar-refractivity contribution in [1.29, 1.82) is 0 Å². The van der Waals surface area contributed by atoms with Gasteiger partial charge in [0.25, 0.3) is 0 Å². The van der Waals surface area contributed by atoms with Crippen molar-refractivity contribution in [2.75, 3.05) is 14.2 Å². The van der Waals surface area contributed by atoms with Gasteiger partial charge in [0.1, 0.15) is 10.6 Å². The summed E-state index contributed by atoms with van der Waals surface area (Å²) in [4.78, 5) is 4.19. The van der Waals surface area contributed by atoms with E-state index in [1.807, 2.05) is 6.07 Å². The van der Waals surface area contributed by atoms with Gasteiger partial charge in [0.05, 0.1) is 24.9 Å². The van der Waals surface area contributed by atoms with Crippen molar-refractivity contribution < 1.29 is 13.2 Å². The summed E-state index contributed by atoms with van der Waals surface area (Å²) >= 11 is 1.42. The zero-order valence-electron chi connectivity index (χ0n) is 11.8. The summed E-state index contributed by atoms with van der Waals surface area (Å²) < 4.78 is 32.5. The summed E-state index contributed by atoms with van der Waals surface area (Å²) in [6.07, 6.45) is 0. The standard InChI is InChI=1S/C13H17N3O3S2/c1-14-6-10-3-4-12(19-2)13(5-10)21(17,18)16-7-11-8-20-9-15-11/h3-5,8-9,14,16H,6-7H2,1-2H3. The van der Waals surface area contributed by atoms with Gasteiger partial charge >= 0.3 is 0 Å². The normalized spacial score (nSPS) is 11.5. The summed E-state index contributed by atoms with van der Waals surface area (Å²) in [5.41, 5.74) is 3.22. The predicted molar refractivity (Wildman–Crippen MR) is 81.9 cm³/mol. The van der Waals surface area contributed by atoms with E-state index in [1.54, 1.807) is 30.1 Å². The van der Waals surface area contributed by atoms with E-state index in [0.29, 0.717) is 18.0 Å². The van der Waals surface area contributed by atoms with E-state index in [1.165, 1.54) is 18.4 Å². The van der Waals surface area contributed by atoms with Crippen molar-refractivity contribution in [2.45, 2.75) is 18.0 Å². The fourth-order valence-electron chi connectivity index (χ4n) is 1.82. The average Bonchev–Trinajstić information content (AvgIpc) is 2.99. The maximum atomic E-state index is 12.4. The lowest BCUT2D eigenvalue weighted by Crippen LogP contribution is -2.24. The van der Waals surface area contributed by atoms with Gasteiger partial charge in [-0.2, -0.15) is 0 Å². The average molecular weight is 327 g/mol. The van der Waals surface area contributed by atoms with Crippen LogP contribution in [0, 0.1) is 0 Å². The zero-order valence-corrected chi connectivity index (χ0v) is 13.4. The molecule has 0 radical (unpaired) electrons. The molecule has 0 aliphatic heterocycles. The molecule has 0 fully saturated rings. The Hall–Kier alpha value is -1.48. The molecule has 2 aromatic rings. The number of nitrogens with zero attached hydrogens (tertiary/aromatic N) is 1.